The van der Waals surface area contributed by atoms with Crippen molar-refractivity contribution in [3.05, 3.63) is 70.0 Å². The van der Waals surface area contributed by atoms with Crippen LogP contribution in [0.25, 0.3) is 5.76 Å². The van der Waals surface area contributed by atoms with Crippen molar-refractivity contribution in [2.45, 2.75) is 31.0 Å². The third-order valence-electron chi connectivity index (χ3n) is 8.50. The number of fused-ring (bicyclic) bond motifs is 3. The molecule has 0 radical (unpaired) electrons. The minimum Gasteiger partial charge on any atom is -0.508 e. The second kappa shape index (κ2) is 9.93. The van der Waals surface area contributed by atoms with Gasteiger partial charge in [0.15, 0.2) is 11.4 Å². The topological polar surface area (TPSA) is 177 Å². The minimum absolute atomic E-state index is 0.0351. The quantitative estimate of drug-likeness (QED) is 0.224. The number of primary amides is 1. The van der Waals surface area contributed by atoms with E-state index in [9.17, 15) is 34.8 Å². The molecule has 4 atom stereocenters. The number of hydrogen-bond donors (Lipinski definition) is 6. The molecule has 11 heteroatoms. The Balaban J connectivity index is 1.68. The third-order valence-corrected chi connectivity index (χ3v) is 8.50. The van der Waals surface area contributed by atoms with E-state index < -0.39 is 58.0 Å². The number of Topliss-reactive ketones (excluding diaryl/α,β-unsaturated/α-hetero) is 2. The molecule has 0 aromatic heterocycles. The monoisotopic (exact) mass is 562 g/mol. The van der Waals surface area contributed by atoms with Gasteiger partial charge in [0.05, 0.1) is 17.3 Å². The Morgan fingerprint density at radius 3 is 2.34 bits per heavy atom. The molecule has 1 fully saturated rings. The van der Waals surface area contributed by atoms with Gasteiger partial charge < -0.3 is 36.4 Å². The summed E-state index contributed by atoms with van der Waals surface area (Å²) in [6.45, 7) is 0.384. The first-order valence-corrected chi connectivity index (χ1v) is 13.3. The summed E-state index contributed by atoms with van der Waals surface area (Å²) < 4.78 is 0. The molecule has 11 nitrogen and oxygen atoms in total. The number of nitrogens with one attached hydrogen (secondary N) is 1. The van der Waals surface area contributed by atoms with Crippen LogP contribution in [0.4, 0.5) is 11.4 Å². The van der Waals surface area contributed by atoms with E-state index in [2.05, 4.69) is 5.32 Å². The maximum Gasteiger partial charge on any atom is 0.255 e. The Kier molecular flexibility index (Phi) is 6.83. The van der Waals surface area contributed by atoms with Crippen LogP contribution < -0.4 is 16.0 Å². The Labute approximate surface area is 237 Å². The lowest BCUT2D eigenvalue weighted by atomic mass is 9.57. The normalized spacial score (nSPS) is 25.6. The minimum atomic E-state index is -2.67. The number of amides is 1. The van der Waals surface area contributed by atoms with Crippen molar-refractivity contribution < 1.29 is 34.8 Å². The third kappa shape index (κ3) is 4.15. The Morgan fingerprint density at radius 1 is 1.10 bits per heavy atom. The molecule has 0 spiro atoms. The van der Waals surface area contributed by atoms with Gasteiger partial charge in [-0.1, -0.05) is 30.3 Å². The lowest BCUT2D eigenvalue weighted by Crippen LogP contribution is -2.65. The van der Waals surface area contributed by atoms with Crippen molar-refractivity contribution in [3.8, 4) is 5.75 Å². The van der Waals surface area contributed by atoms with Crippen LogP contribution in [-0.4, -0.2) is 82.6 Å². The van der Waals surface area contributed by atoms with Crippen LogP contribution in [-0.2, 0) is 27.3 Å². The first-order valence-electron chi connectivity index (χ1n) is 13.3. The Bertz CT molecular complexity index is 1530. The van der Waals surface area contributed by atoms with Gasteiger partial charge >= 0.3 is 0 Å². The molecule has 0 saturated heterocycles. The molecule has 1 amide bonds. The van der Waals surface area contributed by atoms with Crippen LogP contribution in [0.3, 0.4) is 0 Å². The molecule has 216 valence electrons. The largest absolute Gasteiger partial charge is 0.508 e. The van der Waals surface area contributed by atoms with Crippen LogP contribution in [0.2, 0.25) is 0 Å². The molecule has 5 rings (SSSR count). The molecular formula is C30H34N4O7. The lowest BCUT2D eigenvalue weighted by molar-refractivity contribution is -0.153. The molecule has 1 saturated carbocycles. The molecule has 2 aromatic rings. The van der Waals surface area contributed by atoms with E-state index in [4.69, 9.17) is 5.73 Å². The maximum atomic E-state index is 14.1. The predicted molar refractivity (Wildman–Crippen MR) is 152 cm³/mol. The number of aliphatic hydroxyl groups is 3. The number of carbonyl (C=O) groups excluding carboxylic acids is 3. The number of benzene rings is 2. The highest BCUT2D eigenvalue weighted by molar-refractivity contribution is 6.24. The van der Waals surface area contributed by atoms with Gasteiger partial charge in [-0.15, -0.1) is 0 Å². The van der Waals surface area contributed by atoms with E-state index in [1.54, 1.807) is 20.2 Å². The second-order valence-corrected chi connectivity index (χ2v) is 11.3. The fraction of sp³-hybridized carbons (Fsp3) is 0.367. The van der Waals surface area contributed by atoms with Crippen LogP contribution in [0.15, 0.2) is 53.3 Å². The van der Waals surface area contributed by atoms with Gasteiger partial charge in [0, 0.05) is 37.8 Å². The fourth-order valence-corrected chi connectivity index (χ4v) is 6.62. The summed E-state index contributed by atoms with van der Waals surface area (Å²) in [4.78, 5) is 42.8. The number of hydrogen-bond acceptors (Lipinski definition) is 10. The highest BCUT2D eigenvalue weighted by Gasteiger charge is 2.64. The number of nitrogens with two attached hydrogens (primary N) is 1. The maximum absolute atomic E-state index is 14.1. The predicted octanol–water partition coefficient (Wildman–Crippen LogP) is 1.64. The number of aromatic hydroxyl groups is 1. The summed E-state index contributed by atoms with van der Waals surface area (Å²) in [5.41, 5.74) is 4.33. The van der Waals surface area contributed by atoms with E-state index in [1.807, 2.05) is 49.3 Å². The zero-order valence-corrected chi connectivity index (χ0v) is 23.3. The second-order valence-electron chi connectivity index (χ2n) is 11.3. The summed E-state index contributed by atoms with van der Waals surface area (Å²) in [5.74, 6) is -6.74. The summed E-state index contributed by atoms with van der Waals surface area (Å²) in [5, 5.41) is 48.9. The number of anilines is 2. The molecule has 0 heterocycles. The van der Waals surface area contributed by atoms with Crippen molar-refractivity contribution in [3.63, 3.8) is 0 Å². The van der Waals surface area contributed by atoms with Crippen LogP contribution >= 0.6 is 0 Å². The first-order chi connectivity index (χ1) is 19.3. The number of rotatable bonds is 6. The number of phenols is 1. The van der Waals surface area contributed by atoms with Crippen LogP contribution in [0, 0.1) is 11.8 Å². The average molecular weight is 563 g/mol. The van der Waals surface area contributed by atoms with Gasteiger partial charge in [-0.2, -0.15) is 0 Å². The number of likely N-dealkylation sites (N-methyl/N-ethyl adjacent to an activating group) is 1. The smallest absolute Gasteiger partial charge is 0.255 e. The molecule has 0 bridgehead atoms. The van der Waals surface area contributed by atoms with Crippen molar-refractivity contribution in [2.24, 2.45) is 17.6 Å². The fourth-order valence-electron chi connectivity index (χ4n) is 6.62. The van der Waals surface area contributed by atoms with Gasteiger partial charge in [0.1, 0.15) is 22.8 Å². The molecule has 0 unspecified atom stereocenters. The zero-order valence-electron chi connectivity index (χ0n) is 23.3. The molecule has 3 aliphatic carbocycles. The highest BCUT2D eigenvalue weighted by atomic mass is 16.3. The van der Waals surface area contributed by atoms with Crippen LogP contribution in [0.1, 0.15) is 23.1 Å². The molecule has 41 heavy (non-hydrogen) atoms. The van der Waals surface area contributed by atoms with Crippen LogP contribution in [0.5, 0.6) is 5.75 Å². The summed E-state index contributed by atoms with van der Waals surface area (Å²) in [6.07, 6.45) is 0.252. The van der Waals surface area contributed by atoms with E-state index in [0.717, 1.165) is 5.56 Å². The Hall–Kier alpha value is -4.35. The van der Waals surface area contributed by atoms with Gasteiger partial charge in [-0.25, -0.2) is 0 Å². The lowest BCUT2D eigenvalue weighted by Gasteiger charge is -2.50. The number of phenolic OH excluding ortho intramolecular Hbond substituents is 1. The summed E-state index contributed by atoms with van der Waals surface area (Å²) in [6, 6.07) is 10.2. The van der Waals surface area contributed by atoms with Crippen molar-refractivity contribution in [1.82, 2.24) is 4.90 Å². The standard InChI is InChI=1S/C30H34N4O7/c1-33(2)19-12-18(32-13-14-8-6-5-7-9-14)24(35)21-16(19)10-15-11-17-23(34(3)4)26(37)22(29(31)40)28(39)30(17,41)27(38)20(15)25(21)36/h5-9,12,15,17,23,32,35-36,39,41H,10-11,13H2,1-4H3,(H2,31,40)/t15-,17-,23-,30-/m0/s1. The number of aliphatic hydroxyl groups excluding tert-OH is 2. The van der Waals surface area contributed by atoms with Gasteiger partial charge in [0.2, 0.25) is 5.78 Å². The van der Waals surface area contributed by atoms with Crippen molar-refractivity contribution >= 4 is 34.6 Å². The van der Waals surface area contributed by atoms with E-state index >= 15 is 0 Å². The molecule has 2 aromatic carbocycles. The SMILES string of the molecule is CN(C)c1cc(NCc2ccccc2)c(O)c2c1C[C@H]1C[C@H]3[C@H](N(C)C)C(=O)C(C(N)=O)=C(O)[C@@]3(O)C(=O)C1=C2O. The van der Waals surface area contributed by atoms with Gasteiger partial charge in [0.25, 0.3) is 5.91 Å². The van der Waals surface area contributed by atoms with E-state index in [1.165, 1.54) is 4.90 Å². The molecule has 7 N–H and O–H groups in total. The molecule has 3 aliphatic rings. The average Bonchev–Trinajstić information content (AvgIpc) is 2.90. The van der Waals surface area contributed by atoms with Gasteiger partial charge in [-0.3, -0.25) is 19.3 Å². The van der Waals surface area contributed by atoms with Crippen molar-refractivity contribution in [2.75, 3.05) is 38.4 Å². The zero-order chi connectivity index (χ0) is 30.0. The Morgan fingerprint density at radius 2 is 1.76 bits per heavy atom. The number of nitrogens with zero attached hydrogens (tertiary/aromatic N) is 2. The molecule has 0 aliphatic heterocycles. The summed E-state index contributed by atoms with van der Waals surface area (Å²) >= 11 is 0. The summed E-state index contributed by atoms with van der Waals surface area (Å²) in [7, 11) is 6.79. The highest BCUT2D eigenvalue weighted by Crippen LogP contribution is 2.54. The van der Waals surface area contributed by atoms with E-state index in [0.29, 0.717) is 23.5 Å². The number of ketones is 2. The van der Waals surface area contributed by atoms with Crippen molar-refractivity contribution in [1.29, 1.82) is 0 Å². The number of carbonyl (C=O) groups is 3. The molecular weight excluding hydrogens is 528 g/mol. The van der Waals surface area contributed by atoms with E-state index in [-0.39, 0.29) is 29.7 Å². The first kappa shape index (κ1) is 28.2. The van der Waals surface area contributed by atoms with Gasteiger partial charge in [-0.05, 0) is 50.0 Å².